The first kappa shape index (κ1) is 21.6. The lowest BCUT2D eigenvalue weighted by molar-refractivity contribution is -0.117. The van der Waals surface area contributed by atoms with Gasteiger partial charge >= 0.3 is 0 Å². The van der Waals surface area contributed by atoms with Crippen molar-refractivity contribution in [2.45, 2.75) is 24.7 Å². The van der Waals surface area contributed by atoms with Crippen LogP contribution in [-0.4, -0.2) is 40.6 Å². The van der Waals surface area contributed by atoms with Gasteiger partial charge in [0.1, 0.15) is 5.75 Å². The van der Waals surface area contributed by atoms with Crippen molar-refractivity contribution >= 4 is 27.3 Å². The normalized spacial score (nSPS) is 12.9. The van der Waals surface area contributed by atoms with Gasteiger partial charge in [0.25, 0.3) is 0 Å². The van der Waals surface area contributed by atoms with E-state index in [0.717, 1.165) is 11.3 Å². The van der Waals surface area contributed by atoms with E-state index in [2.05, 4.69) is 6.07 Å². The van der Waals surface area contributed by atoms with Crippen molar-refractivity contribution in [1.29, 1.82) is 5.26 Å². The molecule has 3 rings (SSSR count). The molecule has 0 atom stereocenters. The number of benzene rings is 2. The first-order valence-electron chi connectivity index (χ1n) is 9.64. The van der Waals surface area contributed by atoms with Crippen LogP contribution < -0.4 is 19.7 Å². The fourth-order valence-corrected chi connectivity index (χ4v) is 4.05. The molecular formula is C21H24N4O4S. The summed E-state index contributed by atoms with van der Waals surface area (Å²) in [7, 11) is -3.77. The Kier molecular flexibility index (Phi) is 6.59. The molecule has 1 heterocycles. The summed E-state index contributed by atoms with van der Waals surface area (Å²) in [5.41, 5.74) is 2.37. The Balaban J connectivity index is 1.78. The zero-order valence-corrected chi connectivity index (χ0v) is 17.6. The fraction of sp³-hybridized carbons (Fsp3) is 0.333. The first-order chi connectivity index (χ1) is 14.3. The van der Waals surface area contributed by atoms with Crippen molar-refractivity contribution in [3.63, 3.8) is 0 Å². The van der Waals surface area contributed by atoms with Gasteiger partial charge in [-0.3, -0.25) is 4.79 Å². The van der Waals surface area contributed by atoms with E-state index < -0.39 is 10.0 Å². The van der Waals surface area contributed by atoms with Crippen LogP contribution in [0, 0.1) is 11.3 Å². The van der Waals surface area contributed by atoms with Crippen molar-refractivity contribution in [2.24, 2.45) is 5.14 Å². The Morgan fingerprint density at radius 2 is 2.00 bits per heavy atom. The second-order valence-corrected chi connectivity index (χ2v) is 8.45. The minimum atomic E-state index is -3.77. The van der Waals surface area contributed by atoms with Gasteiger partial charge in [0.05, 0.1) is 30.5 Å². The van der Waals surface area contributed by atoms with Crippen molar-refractivity contribution in [2.75, 3.05) is 36.0 Å². The zero-order chi connectivity index (χ0) is 21.7. The average Bonchev–Trinajstić information content (AvgIpc) is 3.11. The molecule has 1 amide bonds. The van der Waals surface area contributed by atoms with Gasteiger partial charge in [-0.25, -0.2) is 13.6 Å². The highest BCUT2D eigenvalue weighted by Gasteiger charge is 2.25. The third-order valence-corrected chi connectivity index (χ3v) is 5.82. The minimum Gasteiger partial charge on any atom is -0.494 e. The largest absolute Gasteiger partial charge is 0.494 e. The monoisotopic (exact) mass is 428 g/mol. The standard InChI is InChI=1S/C21H24N4O4S/c1-2-29-18-6-4-17(5-7-18)25(12-3-11-22)21(26)15-24-13-10-16-14-19(30(23,27)28)8-9-20(16)24/h4-9,14H,2-3,10,12-13,15H2,1H3,(H2,23,27,28). The number of carbonyl (C=O) groups excluding carboxylic acids is 1. The topological polar surface area (TPSA) is 117 Å². The summed E-state index contributed by atoms with van der Waals surface area (Å²) in [4.78, 5) is 16.7. The van der Waals surface area contributed by atoms with Gasteiger partial charge < -0.3 is 14.5 Å². The molecule has 0 bridgehead atoms. The van der Waals surface area contributed by atoms with Crippen LogP contribution in [-0.2, 0) is 21.2 Å². The predicted molar refractivity (Wildman–Crippen MR) is 114 cm³/mol. The summed E-state index contributed by atoms with van der Waals surface area (Å²) in [5, 5.41) is 14.2. The lowest BCUT2D eigenvalue weighted by Crippen LogP contribution is -2.40. The third kappa shape index (κ3) is 4.90. The number of ether oxygens (including phenoxy) is 1. The number of nitriles is 1. The molecule has 1 aliphatic rings. The highest BCUT2D eigenvalue weighted by Crippen LogP contribution is 2.30. The van der Waals surface area contributed by atoms with Crippen molar-refractivity contribution in [1.82, 2.24) is 0 Å². The van der Waals surface area contributed by atoms with Gasteiger partial charge in [-0.2, -0.15) is 5.26 Å². The quantitative estimate of drug-likeness (QED) is 0.688. The van der Waals surface area contributed by atoms with Gasteiger partial charge in [0.15, 0.2) is 0 Å². The lowest BCUT2D eigenvalue weighted by atomic mass is 10.2. The smallest absolute Gasteiger partial charge is 0.246 e. The van der Waals surface area contributed by atoms with Crippen molar-refractivity contribution < 1.29 is 17.9 Å². The second kappa shape index (κ2) is 9.15. The van der Waals surface area contributed by atoms with Crippen LogP contribution in [0.25, 0.3) is 0 Å². The van der Waals surface area contributed by atoms with Gasteiger partial charge in [0, 0.05) is 24.5 Å². The summed E-state index contributed by atoms with van der Waals surface area (Å²) in [6, 6.07) is 14.0. The number of fused-ring (bicyclic) bond motifs is 1. The third-order valence-electron chi connectivity index (χ3n) is 4.91. The number of amides is 1. The predicted octanol–water partition coefficient (Wildman–Crippen LogP) is 2.04. The summed E-state index contributed by atoms with van der Waals surface area (Å²) in [6.07, 6.45) is 0.848. The molecule has 30 heavy (non-hydrogen) atoms. The van der Waals surface area contributed by atoms with E-state index in [4.69, 9.17) is 15.1 Å². The van der Waals surface area contributed by atoms with E-state index in [0.29, 0.717) is 31.0 Å². The van der Waals surface area contributed by atoms with Gasteiger partial charge in [-0.05, 0) is 61.4 Å². The van der Waals surface area contributed by atoms with Crippen LogP contribution in [0.4, 0.5) is 11.4 Å². The number of primary sulfonamides is 1. The number of carbonyl (C=O) groups is 1. The molecule has 0 saturated carbocycles. The number of sulfonamides is 1. The summed E-state index contributed by atoms with van der Waals surface area (Å²) < 4.78 is 28.6. The number of hydrogen-bond acceptors (Lipinski definition) is 6. The Morgan fingerprint density at radius 1 is 1.27 bits per heavy atom. The molecule has 158 valence electrons. The van der Waals surface area contributed by atoms with E-state index in [1.807, 2.05) is 11.8 Å². The molecule has 8 nitrogen and oxygen atoms in total. The maximum Gasteiger partial charge on any atom is 0.246 e. The van der Waals surface area contributed by atoms with Crippen LogP contribution in [0.5, 0.6) is 5.75 Å². The highest BCUT2D eigenvalue weighted by atomic mass is 32.2. The molecule has 1 aliphatic heterocycles. The molecule has 0 radical (unpaired) electrons. The van der Waals surface area contributed by atoms with Crippen LogP contribution in [0.3, 0.4) is 0 Å². The van der Waals surface area contributed by atoms with Crippen molar-refractivity contribution in [3.05, 3.63) is 48.0 Å². The molecule has 2 N–H and O–H groups in total. The van der Waals surface area contributed by atoms with E-state index in [9.17, 15) is 13.2 Å². The van der Waals surface area contributed by atoms with E-state index in [1.54, 1.807) is 41.3 Å². The second-order valence-electron chi connectivity index (χ2n) is 6.89. The molecule has 0 aromatic heterocycles. The highest BCUT2D eigenvalue weighted by molar-refractivity contribution is 7.89. The Labute approximate surface area is 176 Å². The van der Waals surface area contributed by atoms with Crippen LogP contribution in [0.2, 0.25) is 0 Å². The number of hydrogen-bond donors (Lipinski definition) is 1. The molecule has 9 heteroatoms. The Morgan fingerprint density at radius 3 is 2.63 bits per heavy atom. The minimum absolute atomic E-state index is 0.0689. The number of nitrogens with two attached hydrogens (primary N) is 1. The van der Waals surface area contributed by atoms with E-state index >= 15 is 0 Å². The molecule has 0 saturated heterocycles. The van der Waals surface area contributed by atoms with Crippen LogP contribution >= 0.6 is 0 Å². The average molecular weight is 429 g/mol. The lowest BCUT2D eigenvalue weighted by Gasteiger charge is -2.26. The molecular weight excluding hydrogens is 404 g/mol. The first-order valence-corrected chi connectivity index (χ1v) is 11.2. The summed E-state index contributed by atoms with van der Waals surface area (Å²) in [6.45, 7) is 3.47. The van der Waals surface area contributed by atoms with Gasteiger partial charge in [-0.1, -0.05) is 0 Å². The molecule has 0 aliphatic carbocycles. The van der Waals surface area contributed by atoms with E-state index in [1.165, 1.54) is 6.07 Å². The molecule has 2 aromatic rings. The van der Waals surface area contributed by atoms with Crippen LogP contribution in [0.1, 0.15) is 18.9 Å². The molecule has 0 spiro atoms. The number of nitrogens with zero attached hydrogens (tertiary/aromatic N) is 3. The zero-order valence-electron chi connectivity index (χ0n) is 16.7. The summed E-state index contributed by atoms with van der Waals surface area (Å²) >= 11 is 0. The maximum atomic E-state index is 13.1. The molecule has 2 aromatic carbocycles. The van der Waals surface area contributed by atoms with Crippen LogP contribution in [0.15, 0.2) is 47.4 Å². The Hall–Kier alpha value is -3.09. The maximum absolute atomic E-state index is 13.1. The Bertz CT molecular complexity index is 1060. The molecule has 0 unspecified atom stereocenters. The molecule has 0 fully saturated rings. The summed E-state index contributed by atoms with van der Waals surface area (Å²) in [5.74, 6) is 0.575. The number of anilines is 2. The van der Waals surface area contributed by atoms with Crippen molar-refractivity contribution in [3.8, 4) is 11.8 Å². The van der Waals surface area contributed by atoms with Gasteiger partial charge in [-0.15, -0.1) is 0 Å². The van der Waals surface area contributed by atoms with Gasteiger partial charge in [0.2, 0.25) is 15.9 Å². The fourth-order valence-electron chi connectivity index (χ4n) is 3.48. The SMILES string of the molecule is CCOc1ccc(N(CCC#N)C(=O)CN2CCc3cc(S(N)(=O)=O)ccc32)cc1. The number of rotatable bonds is 8. The van der Waals surface area contributed by atoms with E-state index in [-0.39, 0.29) is 30.3 Å².